The molecular formula is C9H7N3O3. The lowest BCUT2D eigenvalue weighted by molar-refractivity contribution is 0.0939. The van der Waals surface area contributed by atoms with E-state index in [1.54, 1.807) is 18.2 Å². The molecule has 6 nitrogen and oxygen atoms in total. The van der Waals surface area contributed by atoms with E-state index in [0.717, 1.165) is 0 Å². The Morgan fingerprint density at radius 2 is 2.33 bits per heavy atom. The van der Waals surface area contributed by atoms with Crippen LogP contribution >= 0.6 is 0 Å². The first-order valence-corrected chi connectivity index (χ1v) is 4.15. The van der Waals surface area contributed by atoms with E-state index in [9.17, 15) is 4.79 Å². The van der Waals surface area contributed by atoms with E-state index in [1.165, 1.54) is 18.5 Å². The van der Waals surface area contributed by atoms with Crippen molar-refractivity contribution in [2.45, 2.75) is 0 Å². The molecule has 2 rings (SSSR count). The van der Waals surface area contributed by atoms with Crippen molar-refractivity contribution in [3.05, 3.63) is 42.5 Å². The molecule has 2 heterocycles. The minimum absolute atomic E-state index is 0.114. The van der Waals surface area contributed by atoms with Crippen molar-refractivity contribution in [1.29, 1.82) is 0 Å². The first kappa shape index (κ1) is 9.20. The van der Waals surface area contributed by atoms with Gasteiger partial charge in [0.2, 0.25) is 5.76 Å². The quantitative estimate of drug-likeness (QED) is 0.736. The smallest absolute Gasteiger partial charge is 0.295 e. The molecule has 76 valence electrons. The molecule has 1 aliphatic rings. The Hall–Kier alpha value is -2.37. The van der Waals surface area contributed by atoms with Crippen molar-refractivity contribution in [3.8, 4) is 0 Å². The molecule has 1 aliphatic heterocycles. The highest BCUT2D eigenvalue weighted by Crippen LogP contribution is 1.97. The molecule has 1 amide bonds. The van der Waals surface area contributed by atoms with Crippen LogP contribution in [0.1, 0.15) is 10.6 Å². The Balaban J connectivity index is 2.03. The summed E-state index contributed by atoms with van der Waals surface area (Å²) in [5.41, 5.74) is 0. The van der Waals surface area contributed by atoms with Gasteiger partial charge in [-0.25, -0.2) is 0 Å². The summed E-state index contributed by atoms with van der Waals surface area (Å²) >= 11 is 0. The van der Waals surface area contributed by atoms with Crippen molar-refractivity contribution in [1.82, 2.24) is 10.5 Å². The topological polar surface area (TPSA) is 76.7 Å². The van der Waals surface area contributed by atoms with Gasteiger partial charge in [0.25, 0.3) is 5.91 Å². The number of allylic oxidation sites excluding steroid dienone is 2. The van der Waals surface area contributed by atoms with E-state index in [-0.39, 0.29) is 5.76 Å². The Labute approximate surface area is 84.9 Å². The van der Waals surface area contributed by atoms with Gasteiger partial charge in [-0.05, 0) is 12.2 Å². The van der Waals surface area contributed by atoms with Crippen LogP contribution in [0.4, 0.5) is 0 Å². The summed E-state index contributed by atoms with van der Waals surface area (Å²) < 4.78 is 4.67. The van der Waals surface area contributed by atoms with Crippen molar-refractivity contribution in [2.24, 2.45) is 5.16 Å². The molecule has 0 unspecified atom stereocenters. The van der Waals surface area contributed by atoms with Gasteiger partial charge in [0.1, 0.15) is 6.26 Å². The van der Waals surface area contributed by atoms with Gasteiger partial charge in [0.15, 0.2) is 5.84 Å². The minimum Gasteiger partial charge on any atom is -0.363 e. The van der Waals surface area contributed by atoms with Gasteiger partial charge < -0.3 is 14.7 Å². The van der Waals surface area contributed by atoms with E-state index in [1.807, 2.05) is 0 Å². The fourth-order valence-electron chi connectivity index (χ4n) is 0.920. The zero-order valence-electron chi connectivity index (χ0n) is 7.58. The van der Waals surface area contributed by atoms with E-state index < -0.39 is 5.91 Å². The van der Waals surface area contributed by atoms with Crippen LogP contribution in [-0.2, 0) is 4.84 Å². The third-order valence-electron chi connectivity index (χ3n) is 1.56. The van der Waals surface area contributed by atoms with Gasteiger partial charge in [0, 0.05) is 6.07 Å². The second-order valence-electron chi connectivity index (χ2n) is 2.60. The molecule has 0 saturated heterocycles. The molecule has 1 N–H and O–H groups in total. The predicted molar refractivity (Wildman–Crippen MR) is 50.8 cm³/mol. The molecule has 0 aliphatic carbocycles. The molecule has 0 atom stereocenters. The summed E-state index contributed by atoms with van der Waals surface area (Å²) in [6.07, 6.45) is 7.71. The Morgan fingerprint density at radius 3 is 3.13 bits per heavy atom. The number of oxime groups is 1. The zero-order chi connectivity index (χ0) is 10.5. The van der Waals surface area contributed by atoms with Crippen LogP contribution < -0.4 is 5.32 Å². The van der Waals surface area contributed by atoms with E-state index in [4.69, 9.17) is 4.84 Å². The van der Waals surface area contributed by atoms with Crippen molar-refractivity contribution in [2.75, 3.05) is 0 Å². The second kappa shape index (κ2) is 4.23. The maximum Gasteiger partial charge on any atom is 0.295 e. The van der Waals surface area contributed by atoms with E-state index in [0.29, 0.717) is 5.84 Å². The average molecular weight is 205 g/mol. The van der Waals surface area contributed by atoms with Gasteiger partial charge in [0.05, 0.1) is 6.20 Å². The maximum absolute atomic E-state index is 11.5. The summed E-state index contributed by atoms with van der Waals surface area (Å²) in [6.45, 7) is 0. The highest BCUT2D eigenvalue weighted by atomic mass is 16.6. The lowest BCUT2D eigenvalue weighted by Crippen LogP contribution is -2.28. The first-order valence-electron chi connectivity index (χ1n) is 4.15. The Bertz CT molecular complexity index is 431. The first-order chi connectivity index (χ1) is 7.36. The molecule has 15 heavy (non-hydrogen) atoms. The van der Waals surface area contributed by atoms with Crippen LogP contribution in [0.5, 0.6) is 0 Å². The number of nitrogens with one attached hydrogen (secondary N) is 1. The third kappa shape index (κ3) is 2.31. The largest absolute Gasteiger partial charge is 0.363 e. The number of carbonyl (C=O) groups excluding carboxylic acids is 1. The lowest BCUT2D eigenvalue weighted by Gasteiger charge is -1.99. The second-order valence-corrected chi connectivity index (χ2v) is 2.60. The SMILES string of the molecule is O=C(NC1=NOC=CC=C1)c1ccno1. The van der Waals surface area contributed by atoms with E-state index >= 15 is 0 Å². The number of aromatic nitrogens is 1. The van der Waals surface area contributed by atoms with Crippen LogP contribution in [0.3, 0.4) is 0 Å². The minimum atomic E-state index is -0.429. The van der Waals surface area contributed by atoms with Crippen LogP contribution in [0, 0.1) is 0 Å². The summed E-state index contributed by atoms with van der Waals surface area (Å²) in [4.78, 5) is 16.2. The molecule has 0 bridgehead atoms. The van der Waals surface area contributed by atoms with Gasteiger partial charge in [-0.3, -0.25) is 4.79 Å². The normalized spacial score (nSPS) is 14.0. The average Bonchev–Trinajstić information content (AvgIpc) is 2.65. The van der Waals surface area contributed by atoms with Crippen LogP contribution in [0.15, 0.2) is 46.4 Å². The zero-order valence-corrected chi connectivity index (χ0v) is 7.58. The predicted octanol–water partition coefficient (Wildman–Crippen LogP) is 0.818. The van der Waals surface area contributed by atoms with Gasteiger partial charge in [-0.1, -0.05) is 16.4 Å². The van der Waals surface area contributed by atoms with Crippen LogP contribution in [0.2, 0.25) is 0 Å². The third-order valence-corrected chi connectivity index (χ3v) is 1.56. The number of amidine groups is 1. The monoisotopic (exact) mass is 205 g/mol. The fraction of sp³-hybridized carbons (Fsp3) is 0. The van der Waals surface area contributed by atoms with Gasteiger partial charge in [-0.2, -0.15) is 0 Å². The number of rotatable bonds is 1. The van der Waals surface area contributed by atoms with Gasteiger partial charge >= 0.3 is 0 Å². The molecule has 1 aromatic rings. The highest BCUT2D eigenvalue weighted by molar-refractivity contribution is 6.09. The lowest BCUT2D eigenvalue weighted by atomic mass is 10.4. The summed E-state index contributed by atoms with van der Waals surface area (Å²) in [6, 6.07) is 1.45. The molecule has 0 radical (unpaired) electrons. The summed E-state index contributed by atoms with van der Waals surface area (Å²) in [7, 11) is 0. The standard InChI is InChI=1S/C9H7N3O3/c13-9(7-4-5-10-15-7)11-8-3-1-2-6-14-12-8/h1-6H,(H,11,12,13). The number of hydrogen-bond acceptors (Lipinski definition) is 5. The molecule has 0 fully saturated rings. The maximum atomic E-state index is 11.5. The van der Waals surface area contributed by atoms with Crippen molar-refractivity contribution < 1.29 is 14.2 Å². The van der Waals surface area contributed by atoms with Gasteiger partial charge in [-0.15, -0.1) is 0 Å². The van der Waals surface area contributed by atoms with E-state index in [2.05, 4.69) is 20.2 Å². The molecule has 1 aromatic heterocycles. The Morgan fingerprint density at radius 1 is 1.40 bits per heavy atom. The fourth-order valence-corrected chi connectivity index (χ4v) is 0.920. The molecule has 0 aromatic carbocycles. The number of carbonyl (C=O) groups is 1. The van der Waals surface area contributed by atoms with Crippen LogP contribution in [-0.4, -0.2) is 16.9 Å². The highest BCUT2D eigenvalue weighted by Gasteiger charge is 2.11. The molecule has 0 saturated carbocycles. The molecule has 6 heteroatoms. The van der Waals surface area contributed by atoms with Crippen LogP contribution in [0.25, 0.3) is 0 Å². The number of hydrogen-bond donors (Lipinski definition) is 1. The Kier molecular flexibility index (Phi) is 2.59. The summed E-state index contributed by atoms with van der Waals surface area (Å²) in [5.74, 6) is -0.0221. The number of amides is 1. The molecular weight excluding hydrogens is 198 g/mol. The summed E-state index contributed by atoms with van der Waals surface area (Å²) in [5, 5.41) is 9.53. The molecule has 0 spiro atoms. The van der Waals surface area contributed by atoms with Crippen molar-refractivity contribution in [3.63, 3.8) is 0 Å². The van der Waals surface area contributed by atoms with Crippen molar-refractivity contribution >= 4 is 11.7 Å². The number of nitrogens with zero attached hydrogens (tertiary/aromatic N) is 2.